The van der Waals surface area contributed by atoms with Crippen LogP contribution in [0.25, 0.3) is 11.0 Å². The number of hydrogen-bond acceptors (Lipinski definition) is 2. The summed E-state index contributed by atoms with van der Waals surface area (Å²) in [5.74, 6) is 0.973. The number of aryl methyl sites for hydroxylation is 2. The molecule has 0 saturated heterocycles. The number of rotatable bonds is 3. The van der Waals surface area contributed by atoms with Crippen LogP contribution in [0.5, 0.6) is 0 Å². The highest BCUT2D eigenvalue weighted by Gasteiger charge is 2.09. The van der Waals surface area contributed by atoms with E-state index in [4.69, 9.17) is 4.42 Å². The third-order valence-electron chi connectivity index (χ3n) is 2.53. The van der Waals surface area contributed by atoms with E-state index in [9.17, 15) is 5.21 Å². The van der Waals surface area contributed by atoms with Crippen LogP contribution in [0.4, 0.5) is 0 Å². The summed E-state index contributed by atoms with van der Waals surface area (Å²) in [6.07, 6.45) is 6.31. The van der Waals surface area contributed by atoms with Gasteiger partial charge in [0.05, 0.1) is 10.9 Å². The van der Waals surface area contributed by atoms with Gasteiger partial charge in [0.25, 0.3) is 0 Å². The highest BCUT2D eigenvalue weighted by Crippen LogP contribution is 2.21. The molecular formula is C12H15NO2. The molecule has 0 atom stereocenters. The molecule has 0 amide bonds. The van der Waals surface area contributed by atoms with Gasteiger partial charge in [-0.3, -0.25) is 0 Å². The van der Waals surface area contributed by atoms with E-state index in [2.05, 4.69) is 6.92 Å². The molecule has 2 heterocycles. The maximum absolute atomic E-state index is 11.2. The van der Waals surface area contributed by atoms with Gasteiger partial charge in [0.1, 0.15) is 11.3 Å². The minimum absolute atomic E-state index is 0.830. The fourth-order valence-corrected chi connectivity index (χ4v) is 1.76. The predicted octanol–water partition coefficient (Wildman–Crippen LogP) is 2.72. The van der Waals surface area contributed by atoms with Gasteiger partial charge >= 0.3 is 0 Å². The van der Waals surface area contributed by atoms with Gasteiger partial charge in [-0.2, -0.15) is 4.73 Å². The Morgan fingerprint density at radius 1 is 1.40 bits per heavy atom. The summed E-state index contributed by atoms with van der Waals surface area (Å²) in [5.41, 5.74) is 1.73. The van der Waals surface area contributed by atoms with Crippen LogP contribution in [0, 0.1) is 12.1 Å². The average Bonchev–Trinajstić information content (AvgIpc) is 2.57. The van der Waals surface area contributed by atoms with Crippen molar-refractivity contribution < 1.29 is 9.15 Å². The summed E-state index contributed by atoms with van der Waals surface area (Å²) >= 11 is 0. The van der Waals surface area contributed by atoms with Crippen LogP contribution < -0.4 is 4.73 Å². The molecule has 0 aliphatic rings. The topological polar surface area (TPSA) is 40.1 Å². The van der Waals surface area contributed by atoms with E-state index in [-0.39, 0.29) is 0 Å². The molecule has 0 aliphatic heterocycles. The molecule has 0 unspecified atom stereocenters. The second kappa shape index (κ2) is 3.93. The molecular weight excluding hydrogens is 190 g/mol. The van der Waals surface area contributed by atoms with Crippen molar-refractivity contribution in [3.05, 3.63) is 35.0 Å². The molecule has 2 rings (SSSR count). The molecule has 80 valence electrons. The third-order valence-corrected chi connectivity index (χ3v) is 2.53. The monoisotopic (exact) mass is 205 g/mol. The van der Waals surface area contributed by atoms with Gasteiger partial charge in [-0.1, -0.05) is 13.3 Å². The predicted molar refractivity (Wildman–Crippen MR) is 58.5 cm³/mol. The van der Waals surface area contributed by atoms with E-state index in [1.807, 2.05) is 13.0 Å². The van der Waals surface area contributed by atoms with E-state index < -0.39 is 0 Å². The largest absolute Gasteiger partial charge is 0.619 e. The first-order valence-electron chi connectivity index (χ1n) is 5.32. The van der Waals surface area contributed by atoms with Crippen LogP contribution in [-0.2, 0) is 6.42 Å². The molecule has 3 heteroatoms. The van der Waals surface area contributed by atoms with Gasteiger partial charge in [0.15, 0.2) is 12.4 Å². The second-order valence-electron chi connectivity index (χ2n) is 3.90. The Kier molecular flexibility index (Phi) is 2.62. The van der Waals surface area contributed by atoms with E-state index >= 15 is 0 Å². The van der Waals surface area contributed by atoms with Gasteiger partial charge in [-0.05, 0) is 19.4 Å². The molecule has 0 radical (unpaired) electrons. The lowest BCUT2D eigenvalue weighted by Gasteiger charge is -1.96. The minimum atomic E-state index is 0.830. The SMILES string of the molecule is CCCCc1cc2c[n+]([O-])cc(C)c2o1. The van der Waals surface area contributed by atoms with Crippen LogP contribution >= 0.6 is 0 Å². The van der Waals surface area contributed by atoms with Crippen molar-refractivity contribution in [2.75, 3.05) is 0 Å². The van der Waals surface area contributed by atoms with E-state index in [1.54, 1.807) is 6.20 Å². The Bertz CT molecular complexity index is 474. The van der Waals surface area contributed by atoms with Crippen LogP contribution in [0.15, 0.2) is 22.9 Å². The Hall–Kier alpha value is -1.51. The zero-order valence-electron chi connectivity index (χ0n) is 9.12. The maximum Gasteiger partial charge on any atom is 0.191 e. The number of aromatic nitrogens is 1. The molecule has 0 aliphatic carbocycles. The lowest BCUT2D eigenvalue weighted by molar-refractivity contribution is -0.604. The van der Waals surface area contributed by atoms with Crippen molar-refractivity contribution in [2.45, 2.75) is 33.1 Å². The first-order chi connectivity index (χ1) is 7.20. The summed E-state index contributed by atoms with van der Waals surface area (Å²) < 4.78 is 6.53. The van der Waals surface area contributed by atoms with Crippen molar-refractivity contribution in [3.63, 3.8) is 0 Å². The summed E-state index contributed by atoms with van der Waals surface area (Å²) in [5, 5.41) is 12.1. The second-order valence-corrected chi connectivity index (χ2v) is 3.90. The van der Waals surface area contributed by atoms with E-state index in [1.165, 1.54) is 6.20 Å². The molecule has 15 heavy (non-hydrogen) atoms. The van der Waals surface area contributed by atoms with Gasteiger partial charge in [-0.25, -0.2) is 0 Å². The molecule has 0 saturated carbocycles. The number of furan rings is 1. The lowest BCUT2D eigenvalue weighted by Crippen LogP contribution is -2.24. The molecule has 2 aromatic rings. The summed E-state index contributed by atoms with van der Waals surface area (Å²) in [7, 11) is 0. The van der Waals surface area contributed by atoms with Crippen molar-refractivity contribution >= 4 is 11.0 Å². The molecule has 0 aromatic carbocycles. The number of pyridine rings is 1. The fraction of sp³-hybridized carbons (Fsp3) is 0.417. The Morgan fingerprint density at radius 3 is 2.93 bits per heavy atom. The Morgan fingerprint density at radius 2 is 2.20 bits per heavy atom. The average molecular weight is 205 g/mol. The van der Waals surface area contributed by atoms with Crippen LogP contribution in [0.2, 0.25) is 0 Å². The Balaban J connectivity index is 2.41. The third kappa shape index (κ3) is 1.96. The zero-order valence-corrected chi connectivity index (χ0v) is 9.12. The first-order valence-corrected chi connectivity index (χ1v) is 5.32. The lowest BCUT2D eigenvalue weighted by atomic mass is 10.2. The summed E-state index contributed by atoms with van der Waals surface area (Å²) in [6.45, 7) is 4.04. The number of fused-ring (bicyclic) bond motifs is 1. The number of unbranched alkanes of at least 4 members (excludes halogenated alkanes) is 1. The van der Waals surface area contributed by atoms with Gasteiger partial charge < -0.3 is 9.62 Å². The standard InChI is InChI=1S/C12H15NO2/c1-3-4-5-11-6-10-8-13(14)7-9(2)12(10)15-11/h6-8H,3-5H2,1-2H3. The molecule has 2 aromatic heterocycles. The first kappa shape index (κ1) is 10.0. The van der Waals surface area contributed by atoms with E-state index in [0.717, 1.165) is 46.3 Å². The number of hydrogen-bond donors (Lipinski definition) is 0. The molecule has 0 fully saturated rings. The normalized spacial score (nSPS) is 11.1. The summed E-state index contributed by atoms with van der Waals surface area (Å²) in [4.78, 5) is 0. The smallest absolute Gasteiger partial charge is 0.191 e. The van der Waals surface area contributed by atoms with Crippen LogP contribution in [0.3, 0.4) is 0 Å². The van der Waals surface area contributed by atoms with Gasteiger partial charge in [-0.15, -0.1) is 0 Å². The molecule has 0 bridgehead atoms. The highest BCUT2D eigenvalue weighted by atomic mass is 16.5. The maximum atomic E-state index is 11.2. The fourth-order valence-electron chi connectivity index (χ4n) is 1.76. The van der Waals surface area contributed by atoms with Gasteiger partial charge in [0, 0.05) is 6.42 Å². The zero-order chi connectivity index (χ0) is 10.8. The quantitative estimate of drug-likeness (QED) is 0.571. The molecule has 0 N–H and O–H groups in total. The molecule has 3 nitrogen and oxygen atoms in total. The van der Waals surface area contributed by atoms with E-state index in [0.29, 0.717) is 0 Å². The van der Waals surface area contributed by atoms with Crippen LogP contribution in [-0.4, -0.2) is 0 Å². The van der Waals surface area contributed by atoms with Crippen LogP contribution in [0.1, 0.15) is 31.1 Å². The van der Waals surface area contributed by atoms with Gasteiger partial charge in [0.2, 0.25) is 0 Å². The van der Waals surface area contributed by atoms with Crippen molar-refractivity contribution in [3.8, 4) is 0 Å². The minimum Gasteiger partial charge on any atom is -0.619 e. The van der Waals surface area contributed by atoms with Crippen molar-refractivity contribution in [1.82, 2.24) is 0 Å². The summed E-state index contributed by atoms with van der Waals surface area (Å²) in [6, 6.07) is 1.96. The highest BCUT2D eigenvalue weighted by molar-refractivity contribution is 5.78. The number of nitrogens with zero attached hydrogens (tertiary/aromatic N) is 1. The van der Waals surface area contributed by atoms with Crippen molar-refractivity contribution in [1.29, 1.82) is 0 Å². The van der Waals surface area contributed by atoms with Crippen molar-refractivity contribution in [2.24, 2.45) is 0 Å². The Labute approximate surface area is 88.9 Å². The molecule has 0 spiro atoms.